The van der Waals surface area contributed by atoms with E-state index in [0.717, 1.165) is 44.5 Å². The van der Waals surface area contributed by atoms with Crippen LogP contribution in [0, 0.1) is 0 Å². The number of amides is 1. The van der Waals surface area contributed by atoms with Crippen molar-refractivity contribution in [2.24, 2.45) is 5.73 Å². The Hall–Kier alpha value is -1.96. The molecular formula is C19H28ClN5O2. The molecule has 1 saturated heterocycles. The number of nitrogens with zero attached hydrogens (tertiary/aromatic N) is 4. The molecule has 148 valence electrons. The molecule has 27 heavy (non-hydrogen) atoms. The van der Waals surface area contributed by atoms with Crippen molar-refractivity contribution in [1.29, 1.82) is 0 Å². The normalized spacial score (nSPS) is 15.0. The number of rotatable bonds is 7. The Morgan fingerprint density at radius 1 is 1.30 bits per heavy atom. The van der Waals surface area contributed by atoms with E-state index in [-0.39, 0.29) is 24.9 Å². The molecule has 7 nitrogen and oxygen atoms in total. The van der Waals surface area contributed by atoms with Gasteiger partial charge in [-0.05, 0) is 37.9 Å². The van der Waals surface area contributed by atoms with Crippen molar-refractivity contribution >= 4 is 18.3 Å². The second kappa shape index (κ2) is 10.4. The first-order chi connectivity index (χ1) is 12.7. The molecule has 0 aliphatic carbocycles. The monoisotopic (exact) mass is 393 g/mol. The number of nitrogens with two attached hydrogens (primary N) is 1. The van der Waals surface area contributed by atoms with Crippen LogP contribution in [0.3, 0.4) is 0 Å². The summed E-state index contributed by atoms with van der Waals surface area (Å²) < 4.78 is 5.11. The number of hydrogen-bond acceptors (Lipinski definition) is 6. The van der Waals surface area contributed by atoms with Crippen LogP contribution in [0.4, 0.5) is 0 Å². The van der Waals surface area contributed by atoms with Crippen LogP contribution in [-0.4, -0.2) is 51.5 Å². The first-order valence-corrected chi connectivity index (χ1v) is 9.31. The molecule has 2 aromatic rings. The van der Waals surface area contributed by atoms with Crippen molar-refractivity contribution in [2.45, 2.75) is 45.3 Å². The average Bonchev–Trinajstić information content (AvgIpc) is 3.16. The summed E-state index contributed by atoms with van der Waals surface area (Å²) in [6.07, 6.45) is 2.98. The minimum atomic E-state index is 0. The zero-order valence-corrected chi connectivity index (χ0v) is 16.5. The fourth-order valence-electron chi connectivity index (χ4n) is 3.49. The first-order valence-electron chi connectivity index (χ1n) is 9.31. The van der Waals surface area contributed by atoms with Gasteiger partial charge in [0.15, 0.2) is 5.82 Å². The summed E-state index contributed by atoms with van der Waals surface area (Å²) in [5.41, 5.74) is 6.30. The highest BCUT2D eigenvalue weighted by Gasteiger charge is 2.27. The Morgan fingerprint density at radius 3 is 2.59 bits per heavy atom. The molecule has 0 atom stereocenters. The van der Waals surface area contributed by atoms with E-state index < -0.39 is 0 Å². The van der Waals surface area contributed by atoms with Crippen molar-refractivity contribution in [3.63, 3.8) is 0 Å². The van der Waals surface area contributed by atoms with E-state index >= 15 is 0 Å². The molecule has 0 unspecified atom stereocenters. The van der Waals surface area contributed by atoms with E-state index in [1.165, 1.54) is 0 Å². The molecule has 1 aliphatic rings. The molecule has 1 aliphatic heterocycles. The van der Waals surface area contributed by atoms with Gasteiger partial charge >= 0.3 is 0 Å². The highest BCUT2D eigenvalue weighted by molar-refractivity contribution is 5.94. The minimum absolute atomic E-state index is 0. The molecule has 1 aromatic carbocycles. The molecule has 1 fully saturated rings. The van der Waals surface area contributed by atoms with Crippen molar-refractivity contribution in [1.82, 2.24) is 19.9 Å². The summed E-state index contributed by atoms with van der Waals surface area (Å²) >= 11 is 0. The van der Waals surface area contributed by atoms with Crippen LogP contribution in [0.5, 0.6) is 0 Å². The minimum Gasteiger partial charge on any atom is -0.339 e. The fraction of sp³-hybridized carbons (Fsp3) is 0.526. The lowest BCUT2D eigenvalue weighted by Crippen LogP contribution is -2.46. The third-order valence-electron chi connectivity index (χ3n) is 4.83. The van der Waals surface area contributed by atoms with Gasteiger partial charge in [-0.1, -0.05) is 30.3 Å². The third kappa shape index (κ3) is 5.51. The maximum Gasteiger partial charge on any atom is 0.253 e. The van der Waals surface area contributed by atoms with Gasteiger partial charge in [0.05, 0.1) is 13.1 Å². The Bertz CT molecular complexity index is 701. The number of hydrogen-bond donors (Lipinski definition) is 1. The predicted molar refractivity (Wildman–Crippen MR) is 106 cm³/mol. The van der Waals surface area contributed by atoms with Crippen molar-refractivity contribution < 1.29 is 9.32 Å². The van der Waals surface area contributed by atoms with E-state index in [1.54, 1.807) is 0 Å². The molecule has 1 aromatic heterocycles. The Kier molecular flexibility index (Phi) is 8.22. The van der Waals surface area contributed by atoms with Crippen LogP contribution in [-0.2, 0) is 13.1 Å². The van der Waals surface area contributed by atoms with Gasteiger partial charge in [-0.3, -0.25) is 9.69 Å². The lowest BCUT2D eigenvalue weighted by atomic mass is 10.0. The molecular weight excluding hydrogens is 366 g/mol. The topological polar surface area (TPSA) is 88.5 Å². The molecule has 0 bridgehead atoms. The van der Waals surface area contributed by atoms with Crippen LogP contribution >= 0.6 is 12.4 Å². The highest BCUT2D eigenvalue weighted by atomic mass is 35.5. The van der Waals surface area contributed by atoms with E-state index in [9.17, 15) is 4.79 Å². The summed E-state index contributed by atoms with van der Waals surface area (Å²) in [6, 6.07) is 9.92. The van der Waals surface area contributed by atoms with Crippen LogP contribution in [0.1, 0.15) is 48.3 Å². The second-order valence-corrected chi connectivity index (χ2v) is 6.67. The number of piperidine rings is 1. The summed E-state index contributed by atoms with van der Waals surface area (Å²) in [6.45, 7) is 5.62. The smallest absolute Gasteiger partial charge is 0.253 e. The van der Waals surface area contributed by atoms with Crippen molar-refractivity contribution in [3.8, 4) is 0 Å². The summed E-state index contributed by atoms with van der Waals surface area (Å²) in [4.78, 5) is 21.3. The summed E-state index contributed by atoms with van der Waals surface area (Å²) in [7, 11) is 0. The van der Waals surface area contributed by atoms with Gasteiger partial charge in [-0.25, -0.2) is 0 Å². The number of benzene rings is 1. The number of carbonyl (C=O) groups excluding carboxylic acids is 1. The van der Waals surface area contributed by atoms with Gasteiger partial charge < -0.3 is 15.2 Å². The first kappa shape index (κ1) is 21.3. The zero-order chi connectivity index (χ0) is 18.4. The summed E-state index contributed by atoms with van der Waals surface area (Å²) in [5, 5.41) is 4.01. The Morgan fingerprint density at radius 2 is 2.00 bits per heavy atom. The second-order valence-electron chi connectivity index (χ2n) is 6.67. The highest BCUT2D eigenvalue weighted by Crippen LogP contribution is 2.20. The van der Waals surface area contributed by atoms with Gasteiger partial charge in [0.2, 0.25) is 5.89 Å². The standard InChI is InChI=1S/C19H27N5O2.ClH/c1-2-10-24(14-17-21-18(13-20)26-22-17)16-8-11-23(12-9-16)19(25)15-6-4-3-5-7-15;/h3-7,16H,2,8-14,20H2,1H3;1H. The van der Waals surface area contributed by atoms with Crippen molar-refractivity contribution in [2.75, 3.05) is 19.6 Å². The maximum atomic E-state index is 12.6. The van der Waals surface area contributed by atoms with Gasteiger partial charge in [-0.15, -0.1) is 12.4 Å². The molecule has 0 saturated carbocycles. The van der Waals surface area contributed by atoms with Gasteiger partial charge in [-0.2, -0.15) is 4.98 Å². The molecule has 2 N–H and O–H groups in total. The number of likely N-dealkylation sites (tertiary alicyclic amines) is 1. The Labute approximate surface area is 166 Å². The average molecular weight is 394 g/mol. The predicted octanol–water partition coefficient (Wildman–Crippen LogP) is 2.47. The summed E-state index contributed by atoms with van der Waals surface area (Å²) in [5.74, 6) is 1.28. The van der Waals surface area contributed by atoms with E-state index in [2.05, 4.69) is 22.0 Å². The van der Waals surface area contributed by atoms with E-state index in [1.807, 2.05) is 35.2 Å². The van der Waals surface area contributed by atoms with E-state index in [4.69, 9.17) is 10.3 Å². The lowest BCUT2D eigenvalue weighted by Gasteiger charge is -2.38. The molecule has 2 heterocycles. The lowest BCUT2D eigenvalue weighted by molar-refractivity contribution is 0.0602. The Balaban J connectivity index is 0.00000261. The maximum absolute atomic E-state index is 12.6. The van der Waals surface area contributed by atoms with E-state index in [0.29, 0.717) is 24.3 Å². The molecule has 1 amide bonds. The van der Waals surface area contributed by atoms with Gasteiger partial charge in [0, 0.05) is 24.7 Å². The van der Waals surface area contributed by atoms with Crippen LogP contribution in [0.2, 0.25) is 0 Å². The third-order valence-corrected chi connectivity index (χ3v) is 4.83. The van der Waals surface area contributed by atoms with Crippen LogP contribution in [0.15, 0.2) is 34.9 Å². The van der Waals surface area contributed by atoms with Crippen molar-refractivity contribution in [3.05, 3.63) is 47.6 Å². The molecule has 3 rings (SSSR count). The van der Waals surface area contributed by atoms with Gasteiger partial charge in [0.25, 0.3) is 5.91 Å². The number of aromatic nitrogens is 2. The van der Waals surface area contributed by atoms with Crippen LogP contribution in [0.25, 0.3) is 0 Å². The molecule has 0 radical (unpaired) electrons. The quantitative estimate of drug-likeness (QED) is 0.777. The fourth-order valence-corrected chi connectivity index (χ4v) is 3.49. The zero-order valence-electron chi connectivity index (χ0n) is 15.7. The number of halogens is 1. The molecule has 8 heteroatoms. The largest absolute Gasteiger partial charge is 0.339 e. The van der Waals surface area contributed by atoms with Gasteiger partial charge in [0.1, 0.15) is 0 Å². The van der Waals surface area contributed by atoms with Crippen LogP contribution < -0.4 is 5.73 Å². The molecule has 0 spiro atoms. The SMILES string of the molecule is CCCN(Cc1noc(CN)n1)C1CCN(C(=O)c2ccccc2)CC1.Cl. The number of carbonyl (C=O) groups is 1.